The highest BCUT2D eigenvalue weighted by Gasteiger charge is 2.44. The molecule has 0 aromatic heterocycles. The van der Waals surface area contributed by atoms with Crippen LogP contribution in [0.15, 0.2) is 54.0 Å². The minimum absolute atomic E-state index is 0.00445. The van der Waals surface area contributed by atoms with Crippen molar-refractivity contribution in [2.75, 3.05) is 7.05 Å². The number of hydrogen-bond donors (Lipinski definition) is 1. The van der Waals surface area contributed by atoms with Gasteiger partial charge in [-0.15, -0.1) is 0 Å². The smallest absolute Gasteiger partial charge is 0.368 e. The first-order chi connectivity index (χ1) is 14.5. The Bertz CT molecular complexity index is 1220. The molecule has 2 aromatic rings. The molecular weight excluding hydrogens is 433 g/mol. The molecule has 6 nitrogen and oxygen atoms in total. The summed E-state index contributed by atoms with van der Waals surface area (Å²) in [5.41, 5.74) is -0.152. The summed E-state index contributed by atoms with van der Waals surface area (Å²) in [6.07, 6.45) is 2.02. The Balaban J connectivity index is 2.69. The third kappa shape index (κ3) is 4.95. The van der Waals surface area contributed by atoms with Gasteiger partial charge in [0.1, 0.15) is 17.3 Å². The van der Waals surface area contributed by atoms with Crippen LogP contribution < -0.4 is 10.1 Å². The van der Waals surface area contributed by atoms with Crippen molar-refractivity contribution in [1.29, 1.82) is 5.26 Å². The van der Waals surface area contributed by atoms with Crippen LogP contribution in [0, 0.1) is 24.1 Å². The van der Waals surface area contributed by atoms with Crippen LogP contribution in [0.1, 0.15) is 16.7 Å². The van der Waals surface area contributed by atoms with Crippen molar-refractivity contribution in [3.8, 4) is 17.6 Å². The first-order valence-corrected chi connectivity index (χ1v) is 10.1. The number of nitrogens with zero attached hydrogens (tertiary/aromatic N) is 1. The second kappa shape index (κ2) is 9.06. The van der Waals surface area contributed by atoms with Crippen molar-refractivity contribution in [2.24, 2.45) is 0 Å². The molecule has 2 rings (SSSR count). The predicted octanol–water partition coefficient (Wildman–Crippen LogP) is 4.11. The molecule has 0 aliphatic carbocycles. The van der Waals surface area contributed by atoms with Gasteiger partial charge in [0.25, 0.3) is 0 Å². The predicted molar refractivity (Wildman–Crippen MR) is 108 cm³/mol. The van der Waals surface area contributed by atoms with E-state index < -0.39 is 31.7 Å². The number of carbonyl (C=O) groups is 1. The van der Waals surface area contributed by atoms with Crippen LogP contribution >= 0.6 is 0 Å². The summed E-state index contributed by atoms with van der Waals surface area (Å²) in [6, 6.07) is 7.01. The Morgan fingerprint density at radius 2 is 1.97 bits per heavy atom. The molecule has 0 heterocycles. The van der Waals surface area contributed by atoms with Gasteiger partial charge in [-0.3, -0.25) is 4.79 Å². The standard InChI is InChI=1S/C21H17F3N2O4S/c1-4-21(23,24)31(28,29)19-7-6-18(13(2)17(19)5-8-20(27)26-3)30-16-10-14(12-25)9-15(22)11-16/h4-11H,1H2,2-3H3,(H,26,27). The van der Waals surface area contributed by atoms with Gasteiger partial charge in [0.2, 0.25) is 15.7 Å². The SMILES string of the molecule is C=CC(F)(F)S(=O)(=O)c1ccc(Oc2cc(F)cc(C#N)c2)c(C)c1C=CC(=O)NC. The fourth-order valence-corrected chi connectivity index (χ4v) is 3.82. The lowest BCUT2D eigenvalue weighted by Crippen LogP contribution is -2.27. The van der Waals surface area contributed by atoms with E-state index in [0.29, 0.717) is 0 Å². The number of ether oxygens (including phenoxy) is 1. The minimum atomic E-state index is -5.20. The van der Waals surface area contributed by atoms with Crippen molar-refractivity contribution >= 4 is 21.8 Å². The Kier molecular flexibility index (Phi) is 6.92. The molecule has 0 saturated carbocycles. The van der Waals surface area contributed by atoms with Gasteiger partial charge in [0, 0.05) is 30.3 Å². The molecule has 0 fully saturated rings. The number of halogens is 3. The summed E-state index contributed by atoms with van der Waals surface area (Å²) < 4.78 is 72.3. The van der Waals surface area contributed by atoms with E-state index >= 15 is 0 Å². The maximum atomic E-state index is 14.1. The summed E-state index contributed by atoms with van der Waals surface area (Å²) in [5, 5.41) is 6.98. The van der Waals surface area contributed by atoms with Crippen molar-refractivity contribution in [3.05, 3.63) is 71.6 Å². The highest BCUT2D eigenvalue weighted by atomic mass is 32.2. The van der Waals surface area contributed by atoms with Gasteiger partial charge in [0.05, 0.1) is 16.5 Å². The van der Waals surface area contributed by atoms with Gasteiger partial charge in [0.15, 0.2) is 0 Å². The van der Waals surface area contributed by atoms with E-state index in [1.54, 1.807) is 6.07 Å². The summed E-state index contributed by atoms with van der Waals surface area (Å²) in [4.78, 5) is 10.8. The van der Waals surface area contributed by atoms with Gasteiger partial charge in [-0.25, -0.2) is 12.8 Å². The van der Waals surface area contributed by atoms with Crippen LogP contribution in [-0.2, 0) is 14.6 Å². The van der Waals surface area contributed by atoms with Gasteiger partial charge < -0.3 is 10.1 Å². The fourth-order valence-electron chi connectivity index (χ4n) is 2.55. The zero-order chi connectivity index (χ0) is 23.4. The topological polar surface area (TPSA) is 96.3 Å². The molecule has 2 aromatic carbocycles. The van der Waals surface area contributed by atoms with Gasteiger partial charge in [-0.1, -0.05) is 6.58 Å². The van der Waals surface area contributed by atoms with Crippen LogP contribution in [0.5, 0.6) is 11.5 Å². The minimum Gasteiger partial charge on any atom is -0.457 e. The monoisotopic (exact) mass is 450 g/mol. The first kappa shape index (κ1) is 23.7. The molecule has 1 amide bonds. The lowest BCUT2D eigenvalue weighted by Gasteiger charge is -2.18. The number of sulfone groups is 1. The molecule has 10 heteroatoms. The molecule has 162 valence electrons. The van der Waals surface area contributed by atoms with Gasteiger partial charge in [-0.2, -0.15) is 14.0 Å². The Morgan fingerprint density at radius 3 is 2.55 bits per heavy atom. The average Bonchev–Trinajstić information content (AvgIpc) is 2.73. The van der Waals surface area contributed by atoms with Crippen molar-refractivity contribution in [3.63, 3.8) is 0 Å². The number of rotatable bonds is 7. The van der Waals surface area contributed by atoms with Crippen molar-refractivity contribution in [1.82, 2.24) is 5.32 Å². The molecule has 0 spiro atoms. The molecule has 1 N–H and O–H groups in total. The number of nitrogens with one attached hydrogen (secondary N) is 1. The molecule has 0 aliphatic rings. The van der Waals surface area contributed by atoms with Crippen molar-refractivity contribution in [2.45, 2.75) is 17.1 Å². The summed E-state index contributed by atoms with van der Waals surface area (Å²) >= 11 is 0. The molecule has 0 radical (unpaired) electrons. The Hall–Kier alpha value is -3.58. The highest BCUT2D eigenvalue weighted by Crippen LogP contribution is 2.37. The first-order valence-electron chi connectivity index (χ1n) is 8.64. The molecule has 0 aliphatic heterocycles. The summed E-state index contributed by atoms with van der Waals surface area (Å²) in [5.74, 6) is -1.40. The molecule has 31 heavy (non-hydrogen) atoms. The normalized spacial score (nSPS) is 11.7. The highest BCUT2D eigenvalue weighted by molar-refractivity contribution is 7.92. The maximum absolute atomic E-state index is 14.1. The molecule has 0 atom stereocenters. The summed E-state index contributed by atoms with van der Waals surface area (Å²) in [6.45, 7) is 4.25. The maximum Gasteiger partial charge on any atom is 0.368 e. The molecular formula is C21H17F3N2O4S. The number of amides is 1. The van der Waals surface area contributed by atoms with E-state index in [1.807, 2.05) is 0 Å². The fraction of sp³-hybridized carbons (Fsp3) is 0.143. The van der Waals surface area contributed by atoms with Crippen LogP contribution in [-0.4, -0.2) is 26.6 Å². The Morgan fingerprint density at radius 1 is 1.29 bits per heavy atom. The lowest BCUT2D eigenvalue weighted by atomic mass is 10.1. The number of alkyl halides is 2. The largest absolute Gasteiger partial charge is 0.457 e. The lowest BCUT2D eigenvalue weighted by molar-refractivity contribution is -0.115. The number of likely N-dealkylation sites (N-methyl/N-ethyl adjacent to an activating group) is 1. The Labute approximate surface area is 177 Å². The van der Waals surface area contributed by atoms with Gasteiger partial charge in [-0.05, 0) is 43.3 Å². The molecule has 0 saturated heterocycles. The van der Waals surface area contributed by atoms with E-state index in [0.717, 1.165) is 36.4 Å². The van der Waals surface area contributed by atoms with Crippen LogP contribution in [0.25, 0.3) is 6.08 Å². The number of hydrogen-bond acceptors (Lipinski definition) is 5. The zero-order valence-corrected chi connectivity index (χ0v) is 17.3. The van der Waals surface area contributed by atoms with E-state index in [9.17, 15) is 26.4 Å². The second-order valence-electron chi connectivity index (χ2n) is 6.21. The molecule has 0 unspecified atom stereocenters. The van der Waals surface area contributed by atoms with Gasteiger partial charge >= 0.3 is 5.25 Å². The summed E-state index contributed by atoms with van der Waals surface area (Å²) in [7, 11) is -3.86. The second-order valence-corrected chi connectivity index (χ2v) is 8.20. The van der Waals surface area contributed by atoms with Crippen molar-refractivity contribution < 1.29 is 31.1 Å². The average molecular weight is 450 g/mol. The van der Waals surface area contributed by atoms with Crippen LogP contribution in [0.4, 0.5) is 13.2 Å². The third-order valence-corrected chi connectivity index (χ3v) is 6.00. The molecule has 0 bridgehead atoms. The zero-order valence-electron chi connectivity index (χ0n) is 16.4. The van der Waals surface area contributed by atoms with E-state index in [2.05, 4.69) is 11.9 Å². The number of benzene rings is 2. The van der Waals surface area contributed by atoms with E-state index in [1.165, 1.54) is 20.0 Å². The number of nitriles is 1. The third-order valence-electron chi connectivity index (χ3n) is 4.19. The van der Waals surface area contributed by atoms with Crippen LogP contribution in [0.3, 0.4) is 0 Å². The quantitative estimate of drug-likeness (QED) is 0.506. The van der Waals surface area contributed by atoms with E-state index in [-0.39, 0.29) is 34.3 Å². The van der Waals surface area contributed by atoms with Crippen LogP contribution in [0.2, 0.25) is 0 Å². The number of carbonyl (C=O) groups excluding carboxylic acids is 1. The van der Waals surface area contributed by atoms with E-state index in [4.69, 9.17) is 10.00 Å².